The van der Waals surface area contributed by atoms with E-state index in [9.17, 15) is 18.3 Å². The summed E-state index contributed by atoms with van der Waals surface area (Å²) < 4.78 is 40.2. The van der Waals surface area contributed by atoms with E-state index in [1.165, 1.54) is 12.1 Å². The van der Waals surface area contributed by atoms with Crippen LogP contribution in [-0.2, 0) is 6.18 Å². The summed E-state index contributed by atoms with van der Waals surface area (Å²) in [6.45, 7) is 4.86. The first kappa shape index (κ1) is 20.2. The van der Waals surface area contributed by atoms with Crippen molar-refractivity contribution in [3.63, 3.8) is 0 Å². The highest BCUT2D eigenvalue weighted by Gasteiger charge is 2.31. The first-order valence-corrected chi connectivity index (χ1v) is 10.2. The first-order valence-electron chi connectivity index (χ1n) is 10.2. The lowest BCUT2D eigenvalue weighted by Gasteiger charge is -2.26. The molecule has 0 aliphatic carbocycles. The van der Waals surface area contributed by atoms with Crippen LogP contribution in [0.4, 0.5) is 13.2 Å². The van der Waals surface area contributed by atoms with Gasteiger partial charge in [-0.2, -0.15) is 13.2 Å². The molecule has 4 rings (SSSR count). The molecule has 1 fully saturated rings. The monoisotopic (exact) mass is 401 g/mol. The summed E-state index contributed by atoms with van der Waals surface area (Å²) in [5.41, 5.74) is 2.06. The molecule has 2 nitrogen and oxygen atoms in total. The maximum atomic E-state index is 13.4. The number of aliphatic hydroxyl groups excluding tert-OH is 1. The lowest BCUT2D eigenvalue weighted by atomic mass is 9.88. The maximum absolute atomic E-state index is 13.4. The van der Waals surface area contributed by atoms with Crippen LogP contribution in [0.1, 0.15) is 54.0 Å². The molecule has 0 spiro atoms. The van der Waals surface area contributed by atoms with Gasteiger partial charge in [-0.25, -0.2) is 0 Å². The highest BCUT2D eigenvalue weighted by atomic mass is 19.4. The number of fused-ring (bicyclic) bond motifs is 3. The molecule has 0 saturated carbocycles. The van der Waals surface area contributed by atoms with E-state index in [-0.39, 0.29) is 6.04 Å². The van der Waals surface area contributed by atoms with Crippen molar-refractivity contribution in [2.45, 2.75) is 57.9 Å². The normalized spacial score (nSPS) is 19.0. The van der Waals surface area contributed by atoms with Crippen LogP contribution in [0.5, 0.6) is 0 Å². The Morgan fingerprint density at radius 3 is 2.45 bits per heavy atom. The molecule has 2 atom stereocenters. The number of nitrogens with one attached hydrogen (secondary N) is 1. The van der Waals surface area contributed by atoms with Crippen LogP contribution in [0.3, 0.4) is 0 Å². The molecule has 5 heteroatoms. The van der Waals surface area contributed by atoms with Gasteiger partial charge in [-0.15, -0.1) is 0 Å². The fraction of sp³-hybridized carbons (Fsp3) is 0.417. The van der Waals surface area contributed by atoms with Gasteiger partial charge >= 0.3 is 6.18 Å². The Labute approximate surface area is 168 Å². The highest BCUT2D eigenvalue weighted by molar-refractivity contribution is 6.10. The number of aryl methyl sites for hydroxylation is 2. The molecule has 0 bridgehead atoms. The van der Waals surface area contributed by atoms with Crippen molar-refractivity contribution in [1.82, 2.24) is 5.32 Å². The van der Waals surface area contributed by atoms with Crippen molar-refractivity contribution in [2.75, 3.05) is 6.54 Å². The molecular weight excluding hydrogens is 375 g/mol. The van der Waals surface area contributed by atoms with Crippen LogP contribution in [0, 0.1) is 13.8 Å². The number of aliphatic hydroxyl groups is 1. The summed E-state index contributed by atoms with van der Waals surface area (Å²) in [5, 5.41) is 17.4. The van der Waals surface area contributed by atoms with Crippen LogP contribution in [0.25, 0.3) is 21.5 Å². The van der Waals surface area contributed by atoms with E-state index < -0.39 is 17.8 Å². The molecule has 1 heterocycles. The molecule has 154 valence electrons. The van der Waals surface area contributed by atoms with Crippen molar-refractivity contribution >= 4 is 21.5 Å². The summed E-state index contributed by atoms with van der Waals surface area (Å²) in [5.74, 6) is 0. The second-order valence-corrected chi connectivity index (χ2v) is 8.30. The summed E-state index contributed by atoms with van der Waals surface area (Å²) in [7, 11) is 0. The third kappa shape index (κ3) is 3.99. The number of alkyl halides is 3. The number of hydrogen-bond donors (Lipinski definition) is 2. The summed E-state index contributed by atoms with van der Waals surface area (Å²) in [6.07, 6.45) is -1.28. The molecule has 2 N–H and O–H groups in total. The molecule has 1 aliphatic heterocycles. The Kier molecular flexibility index (Phi) is 5.30. The fourth-order valence-corrected chi connectivity index (χ4v) is 4.62. The van der Waals surface area contributed by atoms with Gasteiger partial charge in [0.15, 0.2) is 0 Å². The average Bonchev–Trinajstić information content (AvgIpc) is 2.67. The van der Waals surface area contributed by atoms with E-state index in [1.807, 2.05) is 32.0 Å². The quantitative estimate of drug-likeness (QED) is 0.513. The van der Waals surface area contributed by atoms with Gasteiger partial charge in [0.2, 0.25) is 0 Å². The average molecular weight is 401 g/mol. The topological polar surface area (TPSA) is 32.3 Å². The first-order chi connectivity index (χ1) is 13.7. The van der Waals surface area contributed by atoms with Crippen molar-refractivity contribution in [2.24, 2.45) is 0 Å². The van der Waals surface area contributed by atoms with Crippen molar-refractivity contribution in [3.8, 4) is 0 Å². The van der Waals surface area contributed by atoms with Crippen molar-refractivity contribution in [3.05, 3.63) is 58.7 Å². The number of hydrogen-bond acceptors (Lipinski definition) is 2. The maximum Gasteiger partial charge on any atom is 0.416 e. The molecule has 2 unspecified atom stereocenters. The van der Waals surface area contributed by atoms with Gasteiger partial charge in [-0.3, -0.25) is 0 Å². The van der Waals surface area contributed by atoms with E-state index in [4.69, 9.17) is 0 Å². The van der Waals surface area contributed by atoms with Crippen molar-refractivity contribution in [1.29, 1.82) is 0 Å². The van der Waals surface area contributed by atoms with Gasteiger partial charge in [0.05, 0.1) is 11.7 Å². The second kappa shape index (κ2) is 7.62. The Morgan fingerprint density at radius 1 is 1.00 bits per heavy atom. The molecule has 0 radical (unpaired) electrons. The zero-order valence-corrected chi connectivity index (χ0v) is 16.7. The van der Waals surface area contributed by atoms with Gasteiger partial charge in [0, 0.05) is 6.04 Å². The number of rotatable bonds is 3. The molecule has 3 aromatic carbocycles. The van der Waals surface area contributed by atoms with Gasteiger partial charge in [-0.1, -0.05) is 30.2 Å². The smallest absolute Gasteiger partial charge is 0.388 e. The predicted molar refractivity (Wildman–Crippen MR) is 111 cm³/mol. The Bertz CT molecular complexity index is 1050. The largest absolute Gasteiger partial charge is 0.416 e. The van der Waals surface area contributed by atoms with E-state index in [1.54, 1.807) is 0 Å². The number of benzene rings is 3. The minimum atomic E-state index is -4.40. The van der Waals surface area contributed by atoms with Crippen LogP contribution in [0.2, 0.25) is 0 Å². The standard InChI is InChI=1S/C24H26F3NO/c1-14-9-15(2)19-13-22(23(29)12-17-5-3-4-8-28-17)18-7-6-16(24(25,26)27)11-21(18)20(19)10-14/h6-7,9-11,13,17,23,28-29H,3-5,8,12H2,1-2H3. The van der Waals surface area contributed by atoms with Crippen LogP contribution >= 0.6 is 0 Å². The molecule has 1 saturated heterocycles. The molecule has 3 aromatic rings. The second-order valence-electron chi connectivity index (χ2n) is 8.30. The number of halogens is 3. The summed E-state index contributed by atoms with van der Waals surface area (Å²) >= 11 is 0. The van der Waals surface area contributed by atoms with Gasteiger partial charge in [0.1, 0.15) is 0 Å². The summed E-state index contributed by atoms with van der Waals surface area (Å²) in [4.78, 5) is 0. The van der Waals surface area contributed by atoms with Gasteiger partial charge < -0.3 is 10.4 Å². The summed E-state index contributed by atoms with van der Waals surface area (Å²) in [6, 6.07) is 10.0. The Hall–Kier alpha value is -2.11. The minimum absolute atomic E-state index is 0.234. The number of piperidine rings is 1. The molecule has 29 heavy (non-hydrogen) atoms. The Balaban J connectivity index is 1.91. The zero-order valence-electron chi connectivity index (χ0n) is 16.7. The highest BCUT2D eigenvalue weighted by Crippen LogP contribution is 2.39. The SMILES string of the molecule is Cc1cc(C)c2cc(C(O)CC3CCCCN3)c3ccc(C(F)(F)F)cc3c2c1. The molecule has 1 aliphatic rings. The Morgan fingerprint density at radius 2 is 1.76 bits per heavy atom. The van der Waals surface area contributed by atoms with E-state index in [0.717, 1.165) is 53.8 Å². The molecule has 0 aromatic heterocycles. The van der Waals surface area contributed by atoms with E-state index in [0.29, 0.717) is 22.8 Å². The van der Waals surface area contributed by atoms with Crippen LogP contribution < -0.4 is 5.32 Å². The van der Waals surface area contributed by atoms with Crippen molar-refractivity contribution < 1.29 is 18.3 Å². The van der Waals surface area contributed by atoms with Gasteiger partial charge in [-0.05, 0) is 90.5 Å². The van der Waals surface area contributed by atoms with Gasteiger partial charge in [0.25, 0.3) is 0 Å². The van der Waals surface area contributed by atoms with E-state index >= 15 is 0 Å². The fourth-order valence-electron chi connectivity index (χ4n) is 4.62. The lowest BCUT2D eigenvalue weighted by molar-refractivity contribution is -0.137. The minimum Gasteiger partial charge on any atom is -0.388 e. The third-order valence-electron chi connectivity index (χ3n) is 6.06. The van der Waals surface area contributed by atoms with Crippen LogP contribution in [0.15, 0.2) is 36.4 Å². The zero-order chi connectivity index (χ0) is 20.8. The van der Waals surface area contributed by atoms with E-state index in [2.05, 4.69) is 5.32 Å². The van der Waals surface area contributed by atoms with Crippen LogP contribution in [-0.4, -0.2) is 17.7 Å². The lowest BCUT2D eigenvalue weighted by Crippen LogP contribution is -2.35. The molecular formula is C24H26F3NO. The third-order valence-corrected chi connectivity index (χ3v) is 6.06. The molecule has 0 amide bonds. The predicted octanol–water partition coefficient (Wildman–Crippen LogP) is 6.19.